The van der Waals surface area contributed by atoms with Gasteiger partial charge in [-0.15, -0.1) is 0 Å². The van der Waals surface area contributed by atoms with Crippen molar-refractivity contribution in [1.29, 1.82) is 0 Å². The number of nitrogens with zero attached hydrogens (tertiary/aromatic N) is 1. The molecule has 1 saturated heterocycles. The average Bonchev–Trinajstić information content (AvgIpc) is 2.87. The van der Waals surface area contributed by atoms with Crippen LogP contribution in [0, 0.1) is 27.7 Å². The summed E-state index contributed by atoms with van der Waals surface area (Å²) in [6.07, 6.45) is 0.627. The van der Waals surface area contributed by atoms with Gasteiger partial charge in [-0.05, 0) is 69.0 Å². The van der Waals surface area contributed by atoms with Crippen LogP contribution in [0.3, 0.4) is 0 Å². The molecule has 4 heteroatoms. The molecule has 2 aromatic carbocycles. The first-order valence-corrected chi connectivity index (χ1v) is 8.63. The Balaban J connectivity index is 1.74. The Bertz CT molecular complexity index is 822. The lowest BCUT2D eigenvalue weighted by molar-refractivity contribution is -0.118. The van der Waals surface area contributed by atoms with Crippen molar-refractivity contribution in [2.24, 2.45) is 0 Å². The Morgan fingerprint density at radius 3 is 2.32 bits per heavy atom. The fourth-order valence-electron chi connectivity index (χ4n) is 3.48. The van der Waals surface area contributed by atoms with E-state index >= 15 is 0 Å². The molecule has 0 aliphatic carbocycles. The van der Waals surface area contributed by atoms with E-state index in [0.29, 0.717) is 18.5 Å². The zero-order valence-corrected chi connectivity index (χ0v) is 15.2. The van der Waals surface area contributed by atoms with Crippen LogP contribution in [0.15, 0.2) is 36.4 Å². The van der Waals surface area contributed by atoms with Crippen LogP contribution in [0.5, 0.6) is 0 Å². The maximum absolute atomic E-state index is 12.7. The molecular formula is C21H24N2O2. The first-order chi connectivity index (χ1) is 11.8. The van der Waals surface area contributed by atoms with Crippen LogP contribution in [-0.4, -0.2) is 24.4 Å². The van der Waals surface area contributed by atoms with E-state index < -0.39 is 6.04 Å². The third kappa shape index (κ3) is 3.58. The van der Waals surface area contributed by atoms with Crippen molar-refractivity contribution in [3.05, 3.63) is 64.2 Å². The van der Waals surface area contributed by atoms with Crippen LogP contribution in [0.1, 0.15) is 39.0 Å². The smallest absolute Gasteiger partial charge is 0.252 e. The molecule has 2 aromatic rings. The van der Waals surface area contributed by atoms with Crippen LogP contribution >= 0.6 is 0 Å². The Labute approximate surface area is 148 Å². The lowest BCUT2D eigenvalue weighted by Gasteiger charge is -2.19. The van der Waals surface area contributed by atoms with Crippen molar-refractivity contribution in [3.63, 3.8) is 0 Å². The second-order valence-corrected chi connectivity index (χ2v) is 6.97. The van der Waals surface area contributed by atoms with E-state index in [1.54, 1.807) is 4.90 Å². The van der Waals surface area contributed by atoms with Crippen LogP contribution in [0.2, 0.25) is 0 Å². The minimum Gasteiger partial charge on any atom is -0.340 e. The van der Waals surface area contributed by atoms with Crippen molar-refractivity contribution in [3.8, 4) is 0 Å². The third-order valence-electron chi connectivity index (χ3n) is 4.66. The quantitative estimate of drug-likeness (QED) is 0.933. The average molecular weight is 336 g/mol. The Kier molecular flexibility index (Phi) is 4.62. The number of hydrogen-bond acceptors (Lipinski definition) is 2. The fourth-order valence-corrected chi connectivity index (χ4v) is 3.48. The summed E-state index contributed by atoms with van der Waals surface area (Å²) in [6.45, 7) is 8.59. The van der Waals surface area contributed by atoms with Gasteiger partial charge in [-0.2, -0.15) is 0 Å². The molecule has 3 rings (SSSR count). The first-order valence-electron chi connectivity index (χ1n) is 8.63. The number of amides is 2. The first kappa shape index (κ1) is 17.2. The molecule has 0 saturated carbocycles. The minimum atomic E-state index is -0.464. The molecule has 0 aromatic heterocycles. The Morgan fingerprint density at radius 2 is 1.68 bits per heavy atom. The predicted molar refractivity (Wildman–Crippen MR) is 100 cm³/mol. The Morgan fingerprint density at radius 1 is 1.00 bits per heavy atom. The number of carbonyl (C=O) groups excluding carboxylic acids is 2. The number of nitrogens with one attached hydrogen (secondary N) is 1. The lowest BCUT2D eigenvalue weighted by Crippen LogP contribution is -2.41. The molecule has 0 radical (unpaired) electrons. The highest BCUT2D eigenvalue weighted by molar-refractivity contribution is 6.04. The van der Waals surface area contributed by atoms with Gasteiger partial charge in [0.15, 0.2) is 0 Å². The van der Waals surface area contributed by atoms with E-state index in [1.807, 2.05) is 58.0 Å². The predicted octanol–water partition coefficient (Wildman–Crippen LogP) is 3.46. The second kappa shape index (κ2) is 6.71. The topological polar surface area (TPSA) is 49.4 Å². The number of anilines is 1. The third-order valence-corrected chi connectivity index (χ3v) is 4.66. The molecule has 1 N–H and O–H groups in total. The van der Waals surface area contributed by atoms with Gasteiger partial charge in [-0.1, -0.05) is 23.8 Å². The normalized spacial score (nSPS) is 17.0. The van der Waals surface area contributed by atoms with Gasteiger partial charge in [-0.3, -0.25) is 9.59 Å². The van der Waals surface area contributed by atoms with Gasteiger partial charge in [0.05, 0.1) is 0 Å². The van der Waals surface area contributed by atoms with E-state index in [4.69, 9.17) is 0 Å². The van der Waals surface area contributed by atoms with Crippen LogP contribution in [0.4, 0.5) is 5.69 Å². The number of rotatable bonds is 3. The molecule has 25 heavy (non-hydrogen) atoms. The van der Waals surface area contributed by atoms with Crippen molar-refractivity contribution in [2.75, 3.05) is 11.4 Å². The highest BCUT2D eigenvalue weighted by atomic mass is 16.2. The minimum absolute atomic E-state index is 0.0388. The number of aryl methyl sites for hydroxylation is 4. The fraction of sp³-hybridized carbons (Fsp3) is 0.333. The summed E-state index contributed by atoms with van der Waals surface area (Å²) in [5.74, 6) is -0.221. The SMILES string of the molecule is Cc1cc(C)cc(N2CCC(NC(=O)c3ccc(C)cc3C)C2=O)c1. The molecule has 1 atom stereocenters. The Hall–Kier alpha value is -2.62. The zero-order chi connectivity index (χ0) is 18.1. The summed E-state index contributed by atoms with van der Waals surface area (Å²) >= 11 is 0. The van der Waals surface area contributed by atoms with Gasteiger partial charge in [0.25, 0.3) is 5.91 Å². The summed E-state index contributed by atoms with van der Waals surface area (Å²) in [7, 11) is 0. The molecule has 130 valence electrons. The van der Waals surface area contributed by atoms with Crippen LogP contribution in [-0.2, 0) is 4.79 Å². The summed E-state index contributed by atoms with van der Waals surface area (Å²) in [5, 5.41) is 2.90. The van der Waals surface area contributed by atoms with E-state index in [1.165, 1.54) is 0 Å². The molecular weight excluding hydrogens is 312 g/mol. The molecule has 4 nitrogen and oxygen atoms in total. The number of benzene rings is 2. The van der Waals surface area contributed by atoms with E-state index in [2.05, 4.69) is 11.4 Å². The summed E-state index contributed by atoms with van der Waals surface area (Å²) < 4.78 is 0. The molecule has 2 amide bonds. The zero-order valence-electron chi connectivity index (χ0n) is 15.2. The molecule has 0 bridgehead atoms. The summed E-state index contributed by atoms with van der Waals surface area (Å²) in [5.41, 5.74) is 5.84. The highest BCUT2D eigenvalue weighted by Gasteiger charge is 2.34. The van der Waals surface area contributed by atoms with Crippen LogP contribution in [0.25, 0.3) is 0 Å². The molecule has 1 unspecified atom stereocenters. The van der Waals surface area contributed by atoms with Gasteiger partial charge >= 0.3 is 0 Å². The molecule has 0 spiro atoms. The van der Waals surface area contributed by atoms with Gasteiger partial charge < -0.3 is 10.2 Å². The lowest BCUT2D eigenvalue weighted by atomic mass is 10.0. The number of hydrogen-bond donors (Lipinski definition) is 1. The maximum Gasteiger partial charge on any atom is 0.252 e. The van der Waals surface area contributed by atoms with Crippen molar-refractivity contribution < 1.29 is 9.59 Å². The molecule has 1 aliphatic heterocycles. The second-order valence-electron chi connectivity index (χ2n) is 6.97. The number of carbonyl (C=O) groups is 2. The van der Waals surface area contributed by atoms with E-state index in [0.717, 1.165) is 27.9 Å². The summed E-state index contributed by atoms with van der Waals surface area (Å²) in [4.78, 5) is 27.1. The van der Waals surface area contributed by atoms with Crippen molar-refractivity contribution in [1.82, 2.24) is 5.32 Å². The standard InChI is InChI=1S/C21H24N2O2/c1-13-5-6-18(16(4)10-13)20(24)22-19-7-8-23(21(19)25)17-11-14(2)9-15(3)12-17/h5-6,9-12,19H,7-8H2,1-4H3,(H,22,24). The van der Waals surface area contributed by atoms with Crippen molar-refractivity contribution in [2.45, 2.75) is 40.2 Å². The van der Waals surface area contributed by atoms with Gasteiger partial charge in [-0.25, -0.2) is 0 Å². The monoisotopic (exact) mass is 336 g/mol. The van der Waals surface area contributed by atoms with Gasteiger partial charge in [0.1, 0.15) is 6.04 Å². The van der Waals surface area contributed by atoms with Crippen LogP contribution < -0.4 is 10.2 Å². The van der Waals surface area contributed by atoms with Gasteiger partial charge in [0, 0.05) is 17.8 Å². The summed E-state index contributed by atoms with van der Waals surface area (Å²) in [6, 6.07) is 11.4. The molecule has 1 heterocycles. The highest BCUT2D eigenvalue weighted by Crippen LogP contribution is 2.24. The van der Waals surface area contributed by atoms with E-state index in [9.17, 15) is 9.59 Å². The molecule has 1 aliphatic rings. The van der Waals surface area contributed by atoms with Gasteiger partial charge in [0.2, 0.25) is 5.91 Å². The molecule has 1 fully saturated rings. The largest absolute Gasteiger partial charge is 0.340 e. The van der Waals surface area contributed by atoms with Crippen molar-refractivity contribution >= 4 is 17.5 Å². The maximum atomic E-state index is 12.7. The van der Waals surface area contributed by atoms with E-state index in [-0.39, 0.29) is 11.8 Å².